The normalized spacial score (nSPS) is 18.7. The van der Waals surface area contributed by atoms with Crippen LogP contribution >= 0.6 is 0 Å². The molecule has 15 heteroatoms. The first-order chi connectivity index (χ1) is 22.1. The van der Waals surface area contributed by atoms with Crippen LogP contribution < -0.4 is 10.6 Å². The van der Waals surface area contributed by atoms with Crippen molar-refractivity contribution < 1.29 is 46.3 Å². The highest BCUT2D eigenvalue weighted by Gasteiger charge is 2.53. The van der Waals surface area contributed by atoms with Crippen molar-refractivity contribution in [3.63, 3.8) is 0 Å². The first-order valence-corrected chi connectivity index (χ1v) is 15.8. The van der Waals surface area contributed by atoms with Gasteiger partial charge in [0.15, 0.2) is 0 Å². The molecule has 3 atom stereocenters. The fourth-order valence-corrected chi connectivity index (χ4v) is 5.52. The van der Waals surface area contributed by atoms with Gasteiger partial charge in [-0.15, -0.1) is 0 Å². The molecule has 3 rings (SSSR count). The van der Waals surface area contributed by atoms with E-state index in [2.05, 4.69) is 15.5 Å². The van der Waals surface area contributed by atoms with Crippen LogP contribution in [0.2, 0.25) is 0 Å². The number of benzene rings is 1. The lowest BCUT2D eigenvalue weighted by molar-refractivity contribution is -0.171. The number of rotatable bonds is 14. The molecule has 0 bridgehead atoms. The molecular weight excluding hydrogens is 626 g/mol. The lowest BCUT2D eigenvalue weighted by Crippen LogP contribution is -2.59. The van der Waals surface area contributed by atoms with E-state index in [0.717, 1.165) is 13.1 Å². The van der Waals surface area contributed by atoms with E-state index in [9.17, 15) is 41.5 Å². The number of ether oxygens (including phenoxy) is 1. The fourth-order valence-electron chi connectivity index (χ4n) is 5.52. The van der Waals surface area contributed by atoms with Crippen molar-refractivity contribution in [2.24, 2.45) is 11.8 Å². The van der Waals surface area contributed by atoms with Crippen LogP contribution in [0.15, 0.2) is 24.3 Å². The Hall–Kier alpha value is -3.59. The van der Waals surface area contributed by atoms with Gasteiger partial charge in [0.2, 0.25) is 17.6 Å². The Kier molecular flexibility index (Phi) is 13.3. The van der Waals surface area contributed by atoms with Crippen molar-refractivity contribution in [1.82, 2.24) is 25.3 Å². The standard InChI is InChI=1S/C32H45F4N5O6/c1-19(2)24(26(42)32(35,36)31(33)34)37-28(44)23-7-6-12-41(23)30(46)25(20(3)4)38-27(43)21-8-10-22(11-9-21)29(45)39(5)13-14-40-15-17-47-18-16-40/h8-11,19-20,23-25,31H,6-7,12-18H2,1-5H3,(H,37,44)(H,38,43)/t23-,24?,25-/m0/s1. The Morgan fingerprint density at radius 2 is 1.49 bits per heavy atom. The second-order valence-electron chi connectivity index (χ2n) is 12.7. The second kappa shape index (κ2) is 16.5. The van der Waals surface area contributed by atoms with Crippen LogP contribution in [-0.4, -0.2) is 128 Å². The smallest absolute Gasteiger partial charge is 0.366 e. The summed E-state index contributed by atoms with van der Waals surface area (Å²) in [5, 5.41) is 4.86. The first-order valence-electron chi connectivity index (χ1n) is 15.8. The molecule has 0 saturated carbocycles. The highest BCUT2D eigenvalue weighted by molar-refractivity contribution is 6.01. The number of halogens is 4. The fraction of sp³-hybridized carbons (Fsp3) is 0.656. The summed E-state index contributed by atoms with van der Waals surface area (Å²) in [4.78, 5) is 70.2. The topological polar surface area (TPSA) is 128 Å². The molecule has 2 aliphatic rings. The molecular formula is C32H45F4N5O6. The van der Waals surface area contributed by atoms with Crippen LogP contribution in [0.25, 0.3) is 0 Å². The summed E-state index contributed by atoms with van der Waals surface area (Å²) in [5.74, 6) is -10.7. The number of ketones is 1. The number of carbonyl (C=O) groups is 5. The van der Waals surface area contributed by atoms with Gasteiger partial charge in [0.25, 0.3) is 11.8 Å². The number of alkyl halides is 4. The molecule has 2 saturated heterocycles. The van der Waals surface area contributed by atoms with Crippen molar-refractivity contribution in [3.8, 4) is 0 Å². The number of nitrogens with zero attached hydrogens (tertiary/aromatic N) is 3. The molecule has 1 unspecified atom stereocenters. The zero-order chi connectivity index (χ0) is 35.1. The van der Waals surface area contributed by atoms with Crippen molar-refractivity contribution in [1.29, 1.82) is 0 Å². The molecule has 47 heavy (non-hydrogen) atoms. The van der Waals surface area contributed by atoms with Gasteiger partial charge in [0.1, 0.15) is 12.1 Å². The maximum Gasteiger partial charge on any atom is 0.366 e. The van der Waals surface area contributed by atoms with E-state index in [0.29, 0.717) is 38.3 Å². The summed E-state index contributed by atoms with van der Waals surface area (Å²) >= 11 is 0. The van der Waals surface area contributed by atoms with Crippen LogP contribution in [0.3, 0.4) is 0 Å². The van der Waals surface area contributed by atoms with Gasteiger partial charge in [-0.05, 0) is 48.9 Å². The molecule has 2 heterocycles. The number of amides is 4. The second-order valence-corrected chi connectivity index (χ2v) is 12.7. The number of nitrogens with one attached hydrogen (secondary N) is 2. The molecule has 0 spiro atoms. The molecule has 1 aromatic rings. The van der Waals surface area contributed by atoms with E-state index in [-0.39, 0.29) is 24.4 Å². The monoisotopic (exact) mass is 671 g/mol. The molecule has 11 nitrogen and oxygen atoms in total. The van der Waals surface area contributed by atoms with E-state index in [1.807, 2.05) is 0 Å². The van der Waals surface area contributed by atoms with E-state index < -0.39 is 65.8 Å². The highest BCUT2D eigenvalue weighted by Crippen LogP contribution is 2.28. The molecule has 2 fully saturated rings. The van der Waals surface area contributed by atoms with Crippen molar-refractivity contribution >= 4 is 29.4 Å². The highest BCUT2D eigenvalue weighted by atomic mass is 19.3. The van der Waals surface area contributed by atoms with Crippen LogP contribution in [0, 0.1) is 11.8 Å². The number of likely N-dealkylation sites (N-methyl/N-ethyl adjacent to an activating group) is 1. The summed E-state index contributed by atoms with van der Waals surface area (Å²) in [6.07, 6.45) is -3.71. The maximum absolute atomic E-state index is 13.9. The molecule has 262 valence electrons. The number of carbonyl (C=O) groups excluding carboxylic acids is 5. The van der Waals surface area contributed by atoms with Crippen LogP contribution in [0.4, 0.5) is 17.6 Å². The van der Waals surface area contributed by atoms with E-state index >= 15 is 0 Å². The Labute approximate surface area is 272 Å². The van der Waals surface area contributed by atoms with Crippen molar-refractivity contribution in [3.05, 3.63) is 35.4 Å². The van der Waals surface area contributed by atoms with Crippen LogP contribution in [0.1, 0.15) is 61.3 Å². The summed E-state index contributed by atoms with van der Waals surface area (Å²) in [7, 11) is 1.70. The Morgan fingerprint density at radius 1 is 0.915 bits per heavy atom. The van der Waals surface area contributed by atoms with Crippen LogP contribution in [-0.2, 0) is 19.1 Å². The predicted molar refractivity (Wildman–Crippen MR) is 164 cm³/mol. The SMILES string of the molecule is CC(C)C(NC(=O)[C@@H]1CCCN1C(=O)[C@@H](NC(=O)c1ccc(C(=O)N(C)CCN2CCOCC2)cc1)C(C)C)C(=O)C(F)(F)C(F)F. The Bertz CT molecular complexity index is 1270. The van der Waals surface area contributed by atoms with Gasteiger partial charge in [-0.2, -0.15) is 8.78 Å². The van der Waals surface area contributed by atoms with Gasteiger partial charge in [-0.3, -0.25) is 28.9 Å². The zero-order valence-corrected chi connectivity index (χ0v) is 27.4. The summed E-state index contributed by atoms with van der Waals surface area (Å²) < 4.78 is 58.8. The summed E-state index contributed by atoms with van der Waals surface area (Å²) in [6.45, 7) is 10.4. The molecule has 0 aliphatic carbocycles. The van der Waals surface area contributed by atoms with Gasteiger partial charge >= 0.3 is 12.3 Å². The third kappa shape index (κ3) is 9.49. The number of hydrogen-bond donors (Lipinski definition) is 2. The van der Waals surface area contributed by atoms with E-state index in [1.165, 1.54) is 43.0 Å². The third-order valence-electron chi connectivity index (χ3n) is 8.50. The first kappa shape index (κ1) is 37.9. The molecule has 2 aliphatic heterocycles. The lowest BCUT2D eigenvalue weighted by atomic mass is 9.95. The van der Waals surface area contributed by atoms with Gasteiger partial charge < -0.3 is 25.2 Å². The zero-order valence-electron chi connectivity index (χ0n) is 27.4. The predicted octanol–water partition coefficient (Wildman–Crippen LogP) is 2.45. The van der Waals surface area contributed by atoms with E-state index in [1.54, 1.807) is 25.8 Å². The van der Waals surface area contributed by atoms with Crippen molar-refractivity contribution in [2.45, 2.75) is 71.0 Å². The average molecular weight is 672 g/mol. The number of Topliss-reactive ketones (excluding diaryl/α,β-unsaturated/α-hetero) is 1. The Balaban J connectivity index is 1.65. The minimum Gasteiger partial charge on any atom is -0.379 e. The third-order valence-corrected chi connectivity index (χ3v) is 8.50. The van der Waals surface area contributed by atoms with Gasteiger partial charge in [0.05, 0.1) is 19.3 Å². The summed E-state index contributed by atoms with van der Waals surface area (Å²) in [6, 6.07) is 1.88. The molecule has 1 aromatic carbocycles. The molecule has 0 aromatic heterocycles. The lowest BCUT2D eigenvalue weighted by Gasteiger charge is -2.32. The van der Waals surface area contributed by atoms with Crippen LogP contribution in [0.5, 0.6) is 0 Å². The quantitative estimate of drug-likeness (QED) is 0.291. The maximum atomic E-state index is 13.9. The Morgan fingerprint density at radius 3 is 2.04 bits per heavy atom. The largest absolute Gasteiger partial charge is 0.379 e. The molecule has 4 amide bonds. The van der Waals surface area contributed by atoms with Crippen molar-refractivity contribution in [2.75, 3.05) is 53.0 Å². The van der Waals surface area contributed by atoms with E-state index in [4.69, 9.17) is 4.74 Å². The number of morpholine rings is 1. The molecule has 0 radical (unpaired) electrons. The number of likely N-dealkylation sites (tertiary alicyclic amines) is 1. The minimum absolute atomic E-state index is 0.124. The minimum atomic E-state index is -4.95. The van der Waals surface area contributed by atoms with Gasteiger partial charge in [0, 0.05) is 50.9 Å². The number of hydrogen-bond acceptors (Lipinski definition) is 7. The van der Waals surface area contributed by atoms with Gasteiger partial charge in [-0.25, -0.2) is 8.78 Å². The average Bonchev–Trinajstić information content (AvgIpc) is 3.54. The van der Waals surface area contributed by atoms with Gasteiger partial charge in [-0.1, -0.05) is 27.7 Å². The summed E-state index contributed by atoms with van der Waals surface area (Å²) in [5.41, 5.74) is 0.586. The molecule has 2 N–H and O–H groups in total.